The zero-order chi connectivity index (χ0) is 13.8. The fourth-order valence-electron chi connectivity index (χ4n) is 1.82. The molecule has 0 spiro atoms. The van der Waals surface area contributed by atoms with Crippen molar-refractivity contribution < 1.29 is 4.79 Å². The van der Waals surface area contributed by atoms with Crippen LogP contribution in [0.1, 0.15) is 28.9 Å². The fourth-order valence-corrected chi connectivity index (χ4v) is 2.02. The minimum absolute atomic E-state index is 0.0915. The second-order valence-corrected chi connectivity index (χ2v) is 4.75. The number of nitrogens with one attached hydrogen (secondary N) is 1. The van der Waals surface area contributed by atoms with E-state index < -0.39 is 0 Å². The van der Waals surface area contributed by atoms with Gasteiger partial charge in [0.2, 0.25) is 0 Å². The van der Waals surface area contributed by atoms with E-state index in [9.17, 15) is 4.79 Å². The third-order valence-electron chi connectivity index (χ3n) is 2.88. The molecule has 0 heterocycles. The number of anilines is 1. The average Bonchev–Trinajstić information content (AvgIpc) is 2.42. The van der Waals surface area contributed by atoms with Crippen molar-refractivity contribution in [3.05, 3.63) is 64.7 Å². The number of carbonyl (C=O) groups excluding carboxylic acids is 1. The molecule has 0 saturated carbocycles. The van der Waals surface area contributed by atoms with Crippen LogP contribution in [-0.4, -0.2) is 5.91 Å². The van der Waals surface area contributed by atoms with E-state index in [1.807, 2.05) is 37.3 Å². The summed E-state index contributed by atoms with van der Waals surface area (Å²) < 4.78 is 0. The lowest BCUT2D eigenvalue weighted by atomic mass is 10.1. The number of carbonyl (C=O) groups is 1. The monoisotopic (exact) mass is 274 g/mol. The highest BCUT2D eigenvalue weighted by Gasteiger charge is 2.14. The van der Waals surface area contributed by atoms with Gasteiger partial charge in [-0.05, 0) is 30.7 Å². The summed E-state index contributed by atoms with van der Waals surface area (Å²) in [6.07, 6.45) is 0. The van der Waals surface area contributed by atoms with Gasteiger partial charge in [-0.1, -0.05) is 41.9 Å². The Morgan fingerprint density at radius 2 is 1.89 bits per heavy atom. The number of hydrogen-bond acceptors (Lipinski definition) is 2. The average molecular weight is 275 g/mol. The normalized spacial score (nSPS) is 11.9. The first-order valence-corrected chi connectivity index (χ1v) is 6.36. The molecule has 2 aromatic rings. The molecule has 2 rings (SSSR count). The molecule has 4 heteroatoms. The molecule has 1 amide bonds. The second kappa shape index (κ2) is 5.76. The lowest BCUT2D eigenvalue weighted by Gasteiger charge is -2.15. The van der Waals surface area contributed by atoms with Crippen molar-refractivity contribution in [3.63, 3.8) is 0 Å². The summed E-state index contributed by atoms with van der Waals surface area (Å²) in [6, 6.07) is 14.5. The van der Waals surface area contributed by atoms with Gasteiger partial charge >= 0.3 is 0 Å². The van der Waals surface area contributed by atoms with E-state index in [1.165, 1.54) is 0 Å². The summed E-state index contributed by atoms with van der Waals surface area (Å²) in [4.78, 5) is 12.2. The molecule has 2 aromatic carbocycles. The number of benzene rings is 2. The highest BCUT2D eigenvalue weighted by molar-refractivity contribution is 6.34. The number of halogens is 1. The van der Waals surface area contributed by atoms with E-state index >= 15 is 0 Å². The molecule has 0 unspecified atom stereocenters. The third kappa shape index (κ3) is 3.26. The number of amides is 1. The second-order valence-electron chi connectivity index (χ2n) is 4.35. The molecule has 3 N–H and O–H groups in total. The number of rotatable bonds is 3. The van der Waals surface area contributed by atoms with Crippen LogP contribution in [0.2, 0.25) is 5.02 Å². The van der Waals surface area contributed by atoms with Crippen LogP contribution in [0.5, 0.6) is 0 Å². The van der Waals surface area contributed by atoms with E-state index in [-0.39, 0.29) is 11.9 Å². The molecule has 0 radical (unpaired) electrons. The van der Waals surface area contributed by atoms with Gasteiger partial charge in [0.05, 0.1) is 16.6 Å². The first kappa shape index (κ1) is 13.4. The SMILES string of the molecule is C[C@H](NC(=O)c1cc(N)ccc1Cl)c1ccccc1. The van der Waals surface area contributed by atoms with E-state index in [2.05, 4.69) is 5.32 Å². The van der Waals surface area contributed by atoms with Crippen LogP contribution < -0.4 is 11.1 Å². The molecule has 0 aliphatic heterocycles. The molecule has 0 aliphatic rings. The predicted octanol–water partition coefficient (Wildman–Crippen LogP) is 3.41. The molecular weight excluding hydrogens is 260 g/mol. The molecule has 3 nitrogen and oxygen atoms in total. The molecule has 0 aliphatic carbocycles. The number of nitrogen functional groups attached to an aromatic ring is 1. The smallest absolute Gasteiger partial charge is 0.253 e. The Bertz CT molecular complexity index is 584. The van der Waals surface area contributed by atoms with Crippen molar-refractivity contribution in [2.24, 2.45) is 0 Å². The zero-order valence-electron chi connectivity index (χ0n) is 10.6. The highest BCUT2D eigenvalue weighted by Crippen LogP contribution is 2.20. The predicted molar refractivity (Wildman–Crippen MR) is 78.2 cm³/mol. The summed E-state index contributed by atoms with van der Waals surface area (Å²) in [5.74, 6) is -0.228. The summed E-state index contributed by atoms with van der Waals surface area (Å²) in [5, 5.41) is 3.30. The van der Waals surface area contributed by atoms with Crippen LogP contribution in [0.15, 0.2) is 48.5 Å². The number of nitrogens with two attached hydrogens (primary N) is 1. The molecule has 0 saturated heterocycles. The van der Waals surface area contributed by atoms with Gasteiger partial charge < -0.3 is 11.1 Å². The molecule has 98 valence electrons. The Balaban J connectivity index is 2.15. The fraction of sp³-hybridized carbons (Fsp3) is 0.133. The van der Waals surface area contributed by atoms with Crippen LogP contribution in [0, 0.1) is 0 Å². The summed E-state index contributed by atoms with van der Waals surface area (Å²) in [7, 11) is 0. The Labute approximate surface area is 117 Å². The van der Waals surface area contributed by atoms with Gasteiger partial charge in [-0.3, -0.25) is 4.79 Å². The van der Waals surface area contributed by atoms with Gasteiger partial charge in [0, 0.05) is 5.69 Å². The van der Waals surface area contributed by atoms with Crippen LogP contribution in [0.4, 0.5) is 5.69 Å². The van der Waals surface area contributed by atoms with E-state index in [0.29, 0.717) is 16.3 Å². The van der Waals surface area contributed by atoms with Gasteiger partial charge in [-0.15, -0.1) is 0 Å². The minimum Gasteiger partial charge on any atom is -0.399 e. The van der Waals surface area contributed by atoms with Crippen molar-refractivity contribution in [3.8, 4) is 0 Å². The van der Waals surface area contributed by atoms with Crippen molar-refractivity contribution in [2.75, 3.05) is 5.73 Å². The zero-order valence-corrected chi connectivity index (χ0v) is 11.3. The van der Waals surface area contributed by atoms with Gasteiger partial charge in [0.15, 0.2) is 0 Å². The van der Waals surface area contributed by atoms with E-state index in [0.717, 1.165) is 5.56 Å². The van der Waals surface area contributed by atoms with Crippen LogP contribution in [-0.2, 0) is 0 Å². The topological polar surface area (TPSA) is 55.1 Å². The van der Waals surface area contributed by atoms with Crippen LogP contribution in [0.3, 0.4) is 0 Å². The van der Waals surface area contributed by atoms with Crippen molar-refractivity contribution in [1.82, 2.24) is 5.32 Å². The van der Waals surface area contributed by atoms with Gasteiger partial charge in [-0.25, -0.2) is 0 Å². The molecule has 0 bridgehead atoms. The molecule has 0 aromatic heterocycles. The maximum Gasteiger partial charge on any atom is 0.253 e. The van der Waals surface area contributed by atoms with Gasteiger partial charge in [-0.2, -0.15) is 0 Å². The molecule has 1 atom stereocenters. The lowest BCUT2D eigenvalue weighted by Crippen LogP contribution is -2.26. The highest BCUT2D eigenvalue weighted by atomic mass is 35.5. The first-order valence-electron chi connectivity index (χ1n) is 5.99. The standard InChI is InChI=1S/C15H15ClN2O/c1-10(11-5-3-2-4-6-11)18-15(19)13-9-12(17)7-8-14(13)16/h2-10H,17H2,1H3,(H,18,19)/t10-/m0/s1. The van der Waals surface area contributed by atoms with Crippen molar-refractivity contribution in [1.29, 1.82) is 0 Å². The first-order chi connectivity index (χ1) is 9.08. The van der Waals surface area contributed by atoms with Crippen molar-refractivity contribution >= 4 is 23.2 Å². The van der Waals surface area contributed by atoms with E-state index in [4.69, 9.17) is 17.3 Å². The summed E-state index contributed by atoms with van der Waals surface area (Å²) in [5.41, 5.74) is 7.62. The van der Waals surface area contributed by atoms with Crippen LogP contribution >= 0.6 is 11.6 Å². The number of hydrogen-bond donors (Lipinski definition) is 2. The molecule has 19 heavy (non-hydrogen) atoms. The Kier molecular flexibility index (Phi) is 4.07. The Morgan fingerprint density at radius 1 is 1.21 bits per heavy atom. The van der Waals surface area contributed by atoms with E-state index in [1.54, 1.807) is 18.2 Å². The molecule has 0 fully saturated rings. The van der Waals surface area contributed by atoms with Crippen LogP contribution in [0.25, 0.3) is 0 Å². The lowest BCUT2D eigenvalue weighted by molar-refractivity contribution is 0.0940. The maximum absolute atomic E-state index is 12.2. The molecular formula is C15H15ClN2O. The summed E-state index contributed by atoms with van der Waals surface area (Å²) >= 11 is 6.00. The largest absolute Gasteiger partial charge is 0.399 e. The van der Waals surface area contributed by atoms with Crippen molar-refractivity contribution in [2.45, 2.75) is 13.0 Å². The minimum atomic E-state index is -0.228. The van der Waals surface area contributed by atoms with Gasteiger partial charge in [0.1, 0.15) is 0 Å². The Morgan fingerprint density at radius 3 is 2.58 bits per heavy atom. The quantitative estimate of drug-likeness (QED) is 0.843. The third-order valence-corrected chi connectivity index (χ3v) is 3.21. The Hall–Kier alpha value is -2.00. The van der Waals surface area contributed by atoms with Gasteiger partial charge in [0.25, 0.3) is 5.91 Å². The summed E-state index contributed by atoms with van der Waals surface area (Å²) in [6.45, 7) is 1.92. The maximum atomic E-state index is 12.2.